The first-order valence-electron chi connectivity index (χ1n) is 5.44. The van der Waals surface area contributed by atoms with Gasteiger partial charge in [0.2, 0.25) is 5.91 Å². The molecule has 0 spiro atoms. The molecule has 0 fully saturated rings. The second-order valence-corrected chi connectivity index (χ2v) is 4.31. The Hall–Kier alpha value is -1.36. The predicted molar refractivity (Wildman–Crippen MR) is 63.0 cm³/mol. The maximum absolute atomic E-state index is 11.3. The van der Waals surface area contributed by atoms with E-state index in [9.17, 15) is 4.79 Å². The first-order chi connectivity index (χ1) is 7.50. The molecule has 0 saturated heterocycles. The molecule has 90 valence electrons. The quantitative estimate of drug-likeness (QED) is 0.798. The summed E-state index contributed by atoms with van der Waals surface area (Å²) in [4.78, 5) is 12.9. The number of amides is 1. The zero-order chi connectivity index (χ0) is 12.1. The number of aromatic nitrogens is 2. The summed E-state index contributed by atoms with van der Waals surface area (Å²) in [5.41, 5.74) is 1.10. The zero-order valence-corrected chi connectivity index (χ0v) is 10.4. The molecule has 0 radical (unpaired) electrons. The van der Waals surface area contributed by atoms with Crippen LogP contribution in [0, 0.1) is 0 Å². The minimum Gasteiger partial charge on any atom is -0.348 e. The Morgan fingerprint density at radius 2 is 2.25 bits per heavy atom. The van der Waals surface area contributed by atoms with Crippen LogP contribution < -0.4 is 5.32 Å². The van der Waals surface area contributed by atoms with Crippen molar-refractivity contribution in [2.45, 2.75) is 26.4 Å². The van der Waals surface area contributed by atoms with Gasteiger partial charge in [-0.2, -0.15) is 5.10 Å². The molecule has 0 unspecified atom stereocenters. The van der Waals surface area contributed by atoms with Crippen molar-refractivity contribution in [2.75, 3.05) is 20.6 Å². The lowest BCUT2D eigenvalue weighted by atomic mass is 10.3. The average molecular weight is 224 g/mol. The maximum Gasteiger partial charge on any atom is 0.236 e. The number of nitrogens with one attached hydrogen (secondary N) is 1. The van der Waals surface area contributed by atoms with E-state index in [2.05, 4.69) is 24.3 Å². The number of hydrogen-bond acceptors (Lipinski definition) is 3. The van der Waals surface area contributed by atoms with Crippen molar-refractivity contribution in [3.8, 4) is 0 Å². The van der Waals surface area contributed by atoms with Gasteiger partial charge in [-0.25, -0.2) is 0 Å². The molecule has 5 nitrogen and oxygen atoms in total. The molecule has 16 heavy (non-hydrogen) atoms. The second kappa shape index (κ2) is 5.65. The number of carbonyl (C=O) groups is 1. The van der Waals surface area contributed by atoms with Crippen molar-refractivity contribution in [3.63, 3.8) is 0 Å². The van der Waals surface area contributed by atoms with E-state index in [0.717, 1.165) is 5.56 Å². The van der Waals surface area contributed by atoms with Crippen LogP contribution in [0.15, 0.2) is 12.4 Å². The predicted octanol–water partition coefficient (Wildman–Crippen LogP) is 0.642. The van der Waals surface area contributed by atoms with Crippen LogP contribution in [0.4, 0.5) is 0 Å². The topological polar surface area (TPSA) is 50.2 Å². The van der Waals surface area contributed by atoms with E-state index >= 15 is 0 Å². The molecule has 1 aromatic heterocycles. The highest BCUT2D eigenvalue weighted by molar-refractivity contribution is 5.77. The fraction of sp³-hybridized carbons (Fsp3) is 0.636. The molecule has 1 amide bonds. The number of rotatable bonds is 5. The van der Waals surface area contributed by atoms with Gasteiger partial charge in [-0.1, -0.05) is 0 Å². The van der Waals surface area contributed by atoms with Crippen LogP contribution in [0.3, 0.4) is 0 Å². The van der Waals surface area contributed by atoms with Crippen molar-refractivity contribution in [1.82, 2.24) is 20.0 Å². The van der Waals surface area contributed by atoms with Crippen LogP contribution in [0.25, 0.3) is 0 Å². The smallest absolute Gasteiger partial charge is 0.236 e. The molecule has 1 heterocycles. The fourth-order valence-electron chi connectivity index (χ4n) is 1.22. The lowest BCUT2D eigenvalue weighted by Crippen LogP contribution is -2.32. The molecule has 0 bridgehead atoms. The Kier molecular flexibility index (Phi) is 4.49. The standard InChI is InChI=1S/C11H20N4O/c1-9(2)15-8-10(6-13-15)5-12-7-11(16)14(3)4/h6,8-9,12H,5,7H2,1-4H3. The first kappa shape index (κ1) is 12.7. The molecular formula is C11H20N4O. The minimum atomic E-state index is 0.0799. The molecular weight excluding hydrogens is 204 g/mol. The summed E-state index contributed by atoms with van der Waals surface area (Å²) >= 11 is 0. The summed E-state index contributed by atoms with van der Waals surface area (Å²) in [7, 11) is 3.50. The van der Waals surface area contributed by atoms with Gasteiger partial charge in [0.25, 0.3) is 0 Å². The Balaban J connectivity index is 2.35. The van der Waals surface area contributed by atoms with Gasteiger partial charge in [-0.05, 0) is 13.8 Å². The molecule has 0 aliphatic heterocycles. The zero-order valence-electron chi connectivity index (χ0n) is 10.4. The first-order valence-corrected chi connectivity index (χ1v) is 5.44. The summed E-state index contributed by atoms with van der Waals surface area (Å²) in [6.07, 6.45) is 3.82. The van der Waals surface area contributed by atoms with Gasteiger partial charge in [-0.3, -0.25) is 9.48 Å². The van der Waals surface area contributed by atoms with Gasteiger partial charge >= 0.3 is 0 Å². The monoisotopic (exact) mass is 224 g/mol. The lowest BCUT2D eigenvalue weighted by molar-refractivity contribution is -0.127. The fourth-order valence-corrected chi connectivity index (χ4v) is 1.22. The number of likely N-dealkylation sites (N-methyl/N-ethyl adjacent to an activating group) is 1. The summed E-state index contributed by atoms with van der Waals surface area (Å²) in [5.74, 6) is 0.0799. The highest BCUT2D eigenvalue weighted by Crippen LogP contribution is 2.04. The third-order valence-electron chi connectivity index (χ3n) is 2.29. The third-order valence-corrected chi connectivity index (χ3v) is 2.29. The molecule has 0 aromatic carbocycles. The van der Waals surface area contributed by atoms with Crippen molar-refractivity contribution in [3.05, 3.63) is 18.0 Å². The van der Waals surface area contributed by atoms with Gasteiger partial charge in [0.05, 0.1) is 12.7 Å². The highest BCUT2D eigenvalue weighted by atomic mass is 16.2. The van der Waals surface area contributed by atoms with Crippen molar-refractivity contribution in [2.24, 2.45) is 0 Å². The van der Waals surface area contributed by atoms with E-state index in [1.807, 2.05) is 17.1 Å². The molecule has 0 saturated carbocycles. The van der Waals surface area contributed by atoms with Crippen LogP contribution in [-0.2, 0) is 11.3 Å². The van der Waals surface area contributed by atoms with E-state index in [-0.39, 0.29) is 5.91 Å². The largest absolute Gasteiger partial charge is 0.348 e. The van der Waals surface area contributed by atoms with E-state index in [1.54, 1.807) is 19.0 Å². The molecule has 1 rings (SSSR count). The van der Waals surface area contributed by atoms with Crippen molar-refractivity contribution >= 4 is 5.91 Å². The van der Waals surface area contributed by atoms with Crippen LogP contribution in [0.2, 0.25) is 0 Å². The van der Waals surface area contributed by atoms with Gasteiger partial charge in [0, 0.05) is 38.4 Å². The highest BCUT2D eigenvalue weighted by Gasteiger charge is 2.04. The number of hydrogen-bond donors (Lipinski definition) is 1. The van der Waals surface area contributed by atoms with Crippen LogP contribution in [-0.4, -0.2) is 41.2 Å². The maximum atomic E-state index is 11.3. The molecule has 1 N–H and O–H groups in total. The average Bonchev–Trinajstić information content (AvgIpc) is 2.66. The molecule has 5 heteroatoms. The lowest BCUT2D eigenvalue weighted by Gasteiger charge is -2.10. The van der Waals surface area contributed by atoms with E-state index in [4.69, 9.17) is 0 Å². The van der Waals surface area contributed by atoms with Gasteiger partial charge in [0.15, 0.2) is 0 Å². The van der Waals surface area contributed by atoms with Gasteiger partial charge in [0.1, 0.15) is 0 Å². The van der Waals surface area contributed by atoms with Crippen LogP contribution >= 0.6 is 0 Å². The second-order valence-electron chi connectivity index (χ2n) is 4.31. The molecule has 0 aliphatic carbocycles. The summed E-state index contributed by atoms with van der Waals surface area (Å²) in [6, 6.07) is 0.372. The Bertz CT molecular complexity index is 344. The molecule has 0 aliphatic rings. The number of nitrogens with zero attached hydrogens (tertiary/aromatic N) is 3. The van der Waals surface area contributed by atoms with E-state index < -0.39 is 0 Å². The van der Waals surface area contributed by atoms with Gasteiger partial charge in [-0.15, -0.1) is 0 Å². The van der Waals surface area contributed by atoms with Crippen LogP contribution in [0.1, 0.15) is 25.5 Å². The van der Waals surface area contributed by atoms with Crippen LogP contribution in [0.5, 0.6) is 0 Å². The molecule has 0 atom stereocenters. The summed E-state index contributed by atoms with van der Waals surface area (Å²) in [5, 5.41) is 7.32. The summed E-state index contributed by atoms with van der Waals surface area (Å²) < 4.78 is 1.91. The normalized spacial score (nSPS) is 10.8. The Morgan fingerprint density at radius 3 is 2.75 bits per heavy atom. The Morgan fingerprint density at radius 1 is 1.56 bits per heavy atom. The van der Waals surface area contributed by atoms with E-state index in [0.29, 0.717) is 19.1 Å². The number of carbonyl (C=O) groups excluding carboxylic acids is 1. The van der Waals surface area contributed by atoms with Gasteiger partial charge < -0.3 is 10.2 Å². The third kappa shape index (κ3) is 3.66. The summed E-state index contributed by atoms with van der Waals surface area (Å²) in [6.45, 7) is 5.20. The minimum absolute atomic E-state index is 0.0799. The molecule has 1 aromatic rings. The Labute approximate surface area is 96.4 Å². The van der Waals surface area contributed by atoms with Crippen molar-refractivity contribution in [1.29, 1.82) is 0 Å². The van der Waals surface area contributed by atoms with E-state index in [1.165, 1.54) is 0 Å². The SMILES string of the molecule is CC(C)n1cc(CNCC(=O)N(C)C)cn1. The van der Waals surface area contributed by atoms with Crippen molar-refractivity contribution < 1.29 is 4.79 Å².